The number of likely N-dealkylation sites (tertiary alicyclic amines) is 1. The van der Waals surface area contributed by atoms with Gasteiger partial charge < -0.3 is 5.11 Å². The lowest BCUT2D eigenvalue weighted by Crippen LogP contribution is -2.39. The van der Waals surface area contributed by atoms with E-state index in [1.54, 1.807) is 24.4 Å². The van der Waals surface area contributed by atoms with Gasteiger partial charge in [0.05, 0.1) is 5.69 Å². The Bertz CT molecular complexity index is 971. The molecule has 1 saturated heterocycles. The van der Waals surface area contributed by atoms with Crippen molar-refractivity contribution in [3.05, 3.63) is 70.5 Å². The highest BCUT2D eigenvalue weighted by Crippen LogP contribution is 2.23. The molecule has 3 aromatic rings. The van der Waals surface area contributed by atoms with E-state index in [0.717, 1.165) is 37.9 Å². The van der Waals surface area contributed by atoms with Crippen LogP contribution in [-0.2, 0) is 13.0 Å². The highest BCUT2D eigenvalue weighted by atomic mass is 16.3. The predicted molar refractivity (Wildman–Crippen MR) is 104 cm³/mol. The Morgan fingerprint density at radius 1 is 1.15 bits per heavy atom. The number of hydrogen-bond donors (Lipinski definition) is 1. The molecule has 0 aromatic carbocycles. The van der Waals surface area contributed by atoms with Gasteiger partial charge in [-0.15, -0.1) is 0 Å². The van der Waals surface area contributed by atoms with E-state index in [9.17, 15) is 9.90 Å². The molecule has 0 bridgehead atoms. The van der Waals surface area contributed by atoms with Gasteiger partial charge >= 0.3 is 0 Å². The third-order valence-corrected chi connectivity index (χ3v) is 5.30. The molecule has 6 nitrogen and oxygen atoms in total. The summed E-state index contributed by atoms with van der Waals surface area (Å²) < 4.78 is 1.38. The van der Waals surface area contributed by atoms with Gasteiger partial charge in [0.1, 0.15) is 0 Å². The fraction of sp³-hybridized carbons (Fsp3) is 0.381. The van der Waals surface area contributed by atoms with Gasteiger partial charge in [-0.05, 0) is 56.5 Å². The van der Waals surface area contributed by atoms with Gasteiger partial charge in [0.25, 0.3) is 5.56 Å². The molecule has 1 N–H and O–H groups in total. The second-order valence-corrected chi connectivity index (χ2v) is 7.15. The maximum atomic E-state index is 12.4. The summed E-state index contributed by atoms with van der Waals surface area (Å²) in [5.41, 5.74) is 2.00. The van der Waals surface area contributed by atoms with Gasteiger partial charge in [-0.25, -0.2) is 4.98 Å². The van der Waals surface area contributed by atoms with Crippen LogP contribution >= 0.6 is 0 Å². The molecule has 0 radical (unpaired) electrons. The van der Waals surface area contributed by atoms with Crippen molar-refractivity contribution in [3.8, 4) is 5.75 Å². The number of rotatable bonds is 5. The molecule has 1 atom stereocenters. The summed E-state index contributed by atoms with van der Waals surface area (Å²) in [7, 11) is 0. The Balaban J connectivity index is 1.52. The molecule has 140 valence electrons. The Hall–Kier alpha value is -2.73. The highest BCUT2D eigenvalue weighted by Gasteiger charge is 2.23. The maximum Gasteiger partial charge on any atom is 0.258 e. The number of aryl methyl sites for hydroxylation is 1. The van der Waals surface area contributed by atoms with Crippen molar-refractivity contribution in [1.29, 1.82) is 0 Å². The number of hydrogen-bond acceptors (Lipinski definition) is 5. The predicted octanol–water partition coefficient (Wildman–Crippen LogP) is 2.78. The van der Waals surface area contributed by atoms with Crippen molar-refractivity contribution in [2.45, 2.75) is 44.7 Å². The molecule has 6 heteroatoms. The van der Waals surface area contributed by atoms with Crippen molar-refractivity contribution in [2.75, 3.05) is 6.54 Å². The molecule has 27 heavy (non-hydrogen) atoms. The number of aromatic nitrogens is 3. The van der Waals surface area contributed by atoms with Crippen molar-refractivity contribution >= 4 is 5.65 Å². The Morgan fingerprint density at radius 3 is 2.93 bits per heavy atom. The minimum absolute atomic E-state index is 0.0294. The summed E-state index contributed by atoms with van der Waals surface area (Å²) in [6, 6.07) is 11.3. The largest absolute Gasteiger partial charge is 0.504 e. The Morgan fingerprint density at radius 2 is 2.07 bits per heavy atom. The molecular weight excluding hydrogens is 340 g/mol. The number of fused-ring (bicyclic) bond motifs is 1. The lowest BCUT2D eigenvalue weighted by molar-refractivity contribution is 0.130. The van der Waals surface area contributed by atoms with Crippen LogP contribution in [0.15, 0.2) is 53.6 Å². The molecule has 1 aliphatic rings. The minimum Gasteiger partial charge on any atom is -0.504 e. The van der Waals surface area contributed by atoms with E-state index in [1.807, 2.05) is 18.3 Å². The molecule has 0 amide bonds. The third-order valence-electron chi connectivity index (χ3n) is 5.30. The van der Waals surface area contributed by atoms with Crippen LogP contribution in [0, 0.1) is 0 Å². The zero-order valence-electron chi connectivity index (χ0n) is 15.3. The second-order valence-electron chi connectivity index (χ2n) is 7.15. The quantitative estimate of drug-likeness (QED) is 0.754. The molecule has 0 aliphatic carbocycles. The minimum atomic E-state index is -0.159. The van der Waals surface area contributed by atoms with Crippen LogP contribution in [0.25, 0.3) is 5.65 Å². The average Bonchev–Trinajstić information content (AvgIpc) is 2.69. The molecule has 0 unspecified atom stereocenters. The monoisotopic (exact) mass is 364 g/mol. The number of nitrogens with zero attached hydrogens (tertiary/aromatic N) is 4. The standard InChI is InChI=1S/C21H24N4O2/c26-19-8-5-13-25-20(27)14-17(23-21(19)25)15-24-12-4-2-7-18(24)10-9-16-6-1-3-11-22-16/h1,3,5-6,8,11,13-14,18,26H,2,4,7,9-10,12,15H2/t18-/m0/s1. The Labute approximate surface area is 158 Å². The van der Waals surface area contributed by atoms with Crippen LogP contribution in [-0.4, -0.2) is 37.0 Å². The van der Waals surface area contributed by atoms with E-state index in [1.165, 1.54) is 10.8 Å². The van der Waals surface area contributed by atoms with Gasteiger partial charge in [0.2, 0.25) is 0 Å². The first-order chi connectivity index (χ1) is 13.2. The van der Waals surface area contributed by atoms with Crippen LogP contribution < -0.4 is 5.56 Å². The van der Waals surface area contributed by atoms with Crippen LogP contribution in [0.1, 0.15) is 37.1 Å². The number of aromatic hydroxyl groups is 1. The highest BCUT2D eigenvalue weighted by molar-refractivity contribution is 5.52. The first kappa shape index (κ1) is 17.7. The normalized spacial score (nSPS) is 18.0. The van der Waals surface area contributed by atoms with Crippen LogP contribution in [0.4, 0.5) is 0 Å². The zero-order valence-corrected chi connectivity index (χ0v) is 15.3. The third kappa shape index (κ3) is 4.01. The molecule has 4 rings (SSSR count). The second kappa shape index (κ2) is 7.88. The van der Waals surface area contributed by atoms with Crippen molar-refractivity contribution in [1.82, 2.24) is 19.3 Å². The van der Waals surface area contributed by atoms with E-state index in [4.69, 9.17) is 0 Å². The Kier molecular flexibility index (Phi) is 5.16. The van der Waals surface area contributed by atoms with Crippen LogP contribution in [0.5, 0.6) is 5.75 Å². The summed E-state index contributed by atoms with van der Waals surface area (Å²) >= 11 is 0. The van der Waals surface area contributed by atoms with E-state index >= 15 is 0 Å². The molecule has 1 fully saturated rings. The molecule has 0 saturated carbocycles. The van der Waals surface area contributed by atoms with Gasteiger partial charge in [-0.2, -0.15) is 0 Å². The molecular formula is C21H24N4O2. The van der Waals surface area contributed by atoms with Gasteiger partial charge in [0, 0.05) is 36.7 Å². The van der Waals surface area contributed by atoms with Gasteiger partial charge in [-0.3, -0.25) is 19.1 Å². The van der Waals surface area contributed by atoms with Gasteiger partial charge in [0.15, 0.2) is 11.4 Å². The van der Waals surface area contributed by atoms with Gasteiger partial charge in [-0.1, -0.05) is 12.5 Å². The number of pyridine rings is 2. The first-order valence-electron chi connectivity index (χ1n) is 9.55. The van der Waals surface area contributed by atoms with E-state index in [2.05, 4.69) is 20.9 Å². The van der Waals surface area contributed by atoms with Crippen molar-refractivity contribution in [3.63, 3.8) is 0 Å². The summed E-state index contributed by atoms with van der Waals surface area (Å²) in [5.74, 6) is 0.0294. The summed E-state index contributed by atoms with van der Waals surface area (Å²) in [4.78, 5) is 23.8. The van der Waals surface area contributed by atoms with E-state index < -0.39 is 0 Å². The van der Waals surface area contributed by atoms with Crippen molar-refractivity contribution < 1.29 is 5.11 Å². The lowest BCUT2D eigenvalue weighted by atomic mass is 9.97. The van der Waals surface area contributed by atoms with Crippen LogP contribution in [0.3, 0.4) is 0 Å². The number of piperidine rings is 1. The summed E-state index contributed by atoms with van der Waals surface area (Å²) in [6.07, 6.45) is 9.03. The maximum absolute atomic E-state index is 12.4. The zero-order chi connectivity index (χ0) is 18.6. The molecule has 3 aromatic heterocycles. The average molecular weight is 364 g/mol. The fourth-order valence-corrected chi connectivity index (χ4v) is 3.90. The topological polar surface area (TPSA) is 70.7 Å². The van der Waals surface area contributed by atoms with Crippen molar-refractivity contribution in [2.24, 2.45) is 0 Å². The molecule has 4 heterocycles. The molecule has 0 spiro atoms. The lowest BCUT2D eigenvalue weighted by Gasteiger charge is -2.35. The van der Waals surface area contributed by atoms with E-state index in [-0.39, 0.29) is 11.3 Å². The smallest absolute Gasteiger partial charge is 0.258 e. The SMILES string of the molecule is O=c1cc(CN2CCCC[C@H]2CCc2ccccn2)nc2c(O)cccn12. The summed E-state index contributed by atoms with van der Waals surface area (Å²) in [5, 5.41) is 10.0. The van der Waals surface area contributed by atoms with E-state index in [0.29, 0.717) is 23.9 Å². The van der Waals surface area contributed by atoms with Crippen LogP contribution in [0.2, 0.25) is 0 Å². The first-order valence-corrected chi connectivity index (χ1v) is 9.55. The summed E-state index contributed by atoms with van der Waals surface area (Å²) in [6.45, 7) is 1.64. The fourth-order valence-electron chi connectivity index (χ4n) is 3.90. The molecule has 1 aliphatic heterocycles.